The molecule has 1 aliphatic carbocycles. The van der Waals surface area contributed by atoms with Gasteiger partial charge >= 0.3 is 0 Å². The number of rotatable bonds is 10. The summed E-state index contributed by atoms with van der Waals surface area (Å²) in [6.45, 7) is 4.27. The van der Waals surface area contributed by atoms with Gasteiger partial charge in [0.15, 0.2) is 0 Å². The van der Waals surface area contributed by atoms with E-state index in [2.05, 4.69) is 5.32 Å². The molecular formula is C12H25NO3. The van der Waals surface area contributed by atoms with E-state index >= 15 is 0 Å². The van der Waals surface area contributed by atoms with Crippen molar-refractivity contribution >= 4 is 0 Å². The fourth-order valence-electron chi connectivity index (χ4n) is 1.57. The van der Waals surface area contributed by atoms with Crippen LogP contribution in [0.4, 0.5) is 0 Å². The van der Waals surface area contributed by atoms with Crippen molar-refractivity contribution in [2.75, 3.05) is 26.3 Å². The summed E-state index contributed by atoms with van der Waals surface area (Å²) in [7, 11) is 0. The Morgan fingerprint density at radius 2 is 1.94 bits per heavy atom. The molecule has 1 aliphatic rings. The predicted molar refractivity (Wildman–Crippen MR) is 63.3 cm³/mol. The second kappa shape index (κ2) is 8.01. The summed E-state index contributed by atoms with van der Waals surface area (Å²) < 4.78 is 5.37. The molecule has 0 bridgehead atoms. The Morgan fingerprint density at radius 1 is 1.25 bits per heavy atom. The molecule has 1 rings (SSSR count). The molecule has 0 radical (unpaired) electrons. The van der Waals surface area contributed by atoms with E-state index in [1.165, 1.54) is 12.8 Å². The van der Waals surface area contributed by atoms with Crippen LogP contribution in [-0.2, 0) is 4.74 Å². The number of aliphatic hydroxyl groups is 2. The molecule has 4 nitrogen and oxygen atoms in total. The van der Waals surface area contributed by atoms with Crippen LogP contribution in [0.2, 0.25) is 0 Å². The zero-order chi connectivity index (χ0) is 11.8. The van der Waals surface area contributed by atoms with Gasteiger partial charge in [-0.1, -0.05) is 13.3 Å². The van der Waals surface area contributed by atoms with Gasteiger partial charge in [0.25, 0.3) is 0 Å². The first kappa shape index (κ1) is 13.9. The lowest BCUT2D eigenvalue weighted by atomic mass is 10.2. The molecule has 2 unspecified atom stereocenters. The van der Waals surface area contributed by atoms with E-state index in [1.54, 1.807) is 0 Å². The van der Waals surface area contributed by atoms with Crippen molar-refractivity contribution in [3.63, 3.8) is 0 Å². The third kappa shape index (κ3) is 7.17. The third-order valence-corrected chi connectivity index (χ3v) is 2.74. The van der Waals surface area contributed by atoms with Gasteiger partial charge in [0.2, 0.25) is 0 Å². The van der Waals surface area contributed by atoms with E-state index in [9.17, 15) is 10.2 Å². The average molecular weight is 231 g/mol. The van der Waals surface area contributed by atoms with Gasteiger partial charge in [0, 0.05) is 19.7 Å². The molecule has 0 amide bonds. The third-order valence-electron chi connectivity index (χ3n) is 2.74. The Balaban J connectivity index is 1.86. The van der Waals surface area contributed by atoms with E-state index in [4.69, 9.17) is 4.74 Å². The standard InChI is InChI=1S/C12H25NO3/c1-2-3-11(14)6-13-7-12(15)9-16-8-10-4-5-10/h10-15H,2-9H2,1H3. The Kier molecular flexibility index (Phi) is 6.96. The van der Waals surface area contributed by atoms with E-state index in [0.717, 1.165) is 25.4 Å². The molecule has 0 aromatic rings. The Bertz CT molecular complexity index is 174. The fourth-order valence-corrected chi connectivity index (χ4v) is 1.57. The zero-order valence-electron chi connectivity index (χ0n) is 10.2. The average Bonchev–Trinajstić information content (AvgIpc) is 3.02. The normalized spacial score (nSPS) is 19.7. The van der Waals surface area contributed by atoms with Gasteiger partial charge < -0.3 is 20.3 Å². The van der Waals surface area contributed by atoms with Gasteiger partial charge in [-0.3, -0.25) is 0 Å². The summed E-state index contributed by atoms with van der Waals surface area (Å²) in [5.41, 5.74) is 0. The molecule has 0 aromatic heterocycles. The SMILES string of the molecule is CCCC(O)CNCC(O)COCC1CC1. The first-order valence-electron chi connectivity index (χ1n) is 6.37. The Hall–Kier alpha value is -0.160. The largest absolute Gasteiger partial charge is 0.392 e. The summed E-state index contributed by atoms with van der Waals surface area (Å²) in [5.74, 6) is 0.742. The van der Waals surface area contributed by atoms with Gasteiger partial charge in [0.05, 0.1) is 18.8 Å². The molecule has 2 atom stereocenters. The summed E-state index contributed by atoms with van der Waals surface area (Å²) in [4.78, 5) is 0. The van der Waals surface area contributed by atoms with Gasteiger partial charge in [-0.05, 0) is 25.2 Å². The summed E-state index contributed by atoms with van der Waals surface area (Å²) in [5, 5.41) is 22.0. The molecule has 96 valence electrons. The lowest BCUT2D eigenvalue weighted by Gasteiger charge is -2.14. The number of hydrogen-bond donors (Lipinski definition) is 3. The van der Waals surface area contributed by atoms with E-state index in [0.29, 0.717) is 19.7 Å². The molecular weight excluding hydrogens is 206 g/mol. The smallest absolute Gasteiger partial charge is 0.0897 e. The first-order valence-corrected chi connectivity index (χ1v) is 6.37. The van der Waals surface area contributed by atoms with E-state index < -0.39 is 6.10 Å². The highest BCUT2D eigenvalue weighted by atomic mass is 16.5. The topological polar surface area (TPSA) is 61.7 Å². The second-order valence-electron chi connectivity index (χ2n) is 4.74. The van der Waals surface area contributed by atoms with Crippen LogP contribution in [0.1, 0.15) is 32.6 Å². The quantitative estimate of drug-likeness (QED) is 0.513. The van der Waals surface area contributed by atoms with Crippen LogP contribution in [0.5, 0.6) is 0 Å². The van der Waals surface area contributed by atoms with Crippen molar-refractivity contribution in [2.45, 2.75) is 44.8 Å². The minimum Gasteiger partial charge on any atom is -0.392 e. The fraction of sp³-hybridized carbons (Fsp3) is 1.00. The van der Waals surface area contributed by atoms with Crippen LogP contribution in [0.15, 0.2) is 0 Å². The minimum absolute atomic E-state index is 0.301. The van der Waals surface area contributed by atoms with Crippen LogP contribution >= 0.6 is 0 Å². The van der Waals surface area contributed by atoms with Crippen molar-refractivity contribution in [2.24, 2.45) is 5.92 Å². The molecule has 4 heteroatoms. The molecule has 0 saturated heterocycles. The van der Waals surface area contributed by atoms with Crippen LogP contribution in [-0.4, -0.2) is 48.7 Å². The highest BCUT2D eigenvalue weighted by Crippen LogP contribution is 2.28. The molecule has 1 fully saturated rings. The number of aliphatic hydroxyl groups excluding tert-OH is 2. The lowest BCUT2D eigenvalue weighted by Crippen LogP contribution is -2.35. The van der Waals surface area contributed by atoms with Gasteiger partial charge in [0.1, 0.15) is 0 Å². The van der Waals surface area contributed by atoms with Gasteiger partial charge in [-0.2, -0.15) is 0 Å². The Labute approximate surface area is 98.0 Å². The van der Waals surface area contributed by atoms with Crippen LogP contribution in [0.25, 0.3) is 0 Å². The monoisotopic (exact) mass is 231 g/mol. The number of nitrogens with one attached hydrogen (secondary N) is 1. The van der Waals surface area contributed by atoms with Crippen molar-refractivity contribution < 1.29 is 14.9 Å². The van der Waals surface area contributed by atoms with Crippen molar-refractivity contribution in [3.05, 3.63) is 0 Å². The summed E-state index contributed by atoms with van der Waals surface area (Å²) >= 11 is 0. The van der Waals surface area contributed by atoms with Crippen molar-refractivity contribution in [1.82, 2.24) is 5.32 Å². The summed E-state index contributed by atoms with van der Waals surface area (Å²) in [6, 6.07) is 0. The molecule has 16 heavy (non-hydrogen) atoms. The second-order valence-corrected chi connectivity index (χ2v) is 4.74. The van der Waals surface area contributed by atoms with Crippen LogP contribution < -0.4 is 5.32 Å². The van der Waals surface area contributed by atoms with Crippen molar-refractivity contribution in [3.8, 4) is 0 Å². The summed E-state index contributed by atoms with van der Waals surface area (Å²) in [6.07, 6.45) is 3.57. The highest BCUT2D eigenvalue weighted by molar-refractivity contribution is 4.72. The first-order chi connectivity index (χ1) is 7.72. The number of hydrogen-bond acceptors (Lipinski definition) is 4. The van der Waals surface area contributed by atoms with E-state index in [-0.39, 0.29) is 6.10 Å². The molecule has 0 aromatic carbocycles. The maximum atomic E-state index is 9.56. The zero-order valence-corrected chi connectivity index (χ0v) is 10.2. The maximum Gasteiger partial charge on any atom is 0.0897 e. The predicted octanol–water partition coefficient (Wildman–Crippen LogP) is 0.524. The number of ether oxygens (including phenoxy) is 1. The minimum atomic E-state index is -0.465. The molecule has 0 spiro atoms. The van der Waals surface area contributed by atoms with Gasteiger partial charge in [-0.15, -0.1) is 0 Å². The van der Waals surface area contributed by atoms with Gasteiger partial charge in [-0.25, -0.2) is 0 Å². The molecule has 0 aliphatic heterocycles. The van der Waals surface area contributed by atoms with Crippen LogP contribution in [0, 0.1) is 5.92 Å². The van der Waals surface area contributed by atoms with E-state index in [1.807, 2.05) is 6.92 Å². The maximum absolute atomic E-state index is 9.56. The molecule has 3 N–H and O–H groups in total. The highest BCUT2D eigenvalue weighted by Gasteiger charge is 2.21. The molecule has 1 saturated carbocycles. The van der Waals surface area contributed by atoms with Crippen LogP contribution in [0.3, 0.4) is 0 Å². The molecule has 0 heterocycles. The van der Waals surface area contributed by atoms with Crippen molar-refractivity contribution in [1.29, 1.82) is 0 Å². The Morgan fingerprint density at radius 3 is 2.56 bits per heavy atom. The lowest BCUT2D eigenvalue weighted by molar-refractivity contribution is 0.0308.